The number of piperazine rings is 1. The third-order valence-corrected chi connectivity index (χ3v) is 2.73. The SMILES string of the molecule is CN(C)CCCN1CCNC(C)(C)C1. The molecule has 1 aliphatic heterocycles. The summed E-state index contributed by atoms with van der Waals surface area (Å²) in [5.41, 5.74) is 0.302. The van der Waals surface area contributed by atoms with Gasteiger partial charge in [0.05, 0.1) is 0 Å². The zero-order valence-electron chi connectivity index (χ0n) is 10.1. The lowest BCUT2D eigenvalue weighted by Gasteiger charge is -2.39. The first-order chi connectivity index (χ1) is 6.49. The van der Waals surface area contributed by atoms with Crippen molar-refractivity contribution in [2.75, 3.05) is 46.8 Å². The number of rotatable bonds is 4. The van der Waals surface area contributed by atoms with Crippen LogP contribution in [-0.4, -0.2) is 62.2 Å². The van der Waals surface area contributed by atoms with Gasteiger partial charge in [-0.2, -0.15) is 0 Å². The van der Waals surface area contributed by atoms with E-state index in [2.05, 4.69) is 43.1 Å². The Morgan fingerprint density at radius 2 is 2.07 bits per heavy atom. The predicted molar refractivity (Wildman–Crippen MR) is 61.7 cm³/mol. The minimum atomic E-state index is 0.302. The van der Waals surface area contributed by atoms with Crippen LogP contribution in [0.4, 0.5) is 0 Å². The van der Waals surface area contributed by atoms with E-state index in [1.165, 1.54) is 32.6 Å². The van der Waals surface area contributed by atoms with Gasteiger partial charge >= 0.3 is 0 Å². The molecule has 1 heterocycles. The second-order valence-corrected chi connectivity index (χ2v) is 5.24. The van der Waals surface area contributed by atoms with E-state index in [-0.39, 0.29) is 0 Å². The van der Waals surface area contributed by atoms with Crippen molar-refractivity contribution in [1.29, 1.82) is 0 Å². The summed E-state index contributed by atoms with van der Waals surface area (Å²) in [6.07, 6.45) is 1.28. The molecule has 0 aliphatic carbocycles. The molecule has 0 bridgehead atoms. The van der Waals surface area contributed by atoms with Gasteiger partial charge in [0.25, 0.3) is 0 Å². The van der Waals surface area contributed by atoms with Crippen molar-refractivity contribution in [3.63, 3.8) is 0 Å². The molecule has 1 aliphatic rings. The molecule has 1 saturated heterocycles. The normalized spacial score (nSPS) is 22.9. The summed E-state index contributed by atoms with van der Waals surface area (Å²) in [4.78, 5) is 4.83. The van der Waals surface area contributed by atoms with Gasteiger partial charge in [0.1, 0.15) is 0 Å². The van der Waals surface area contributed by atoms with Crippen LogP contribution in [0.5, 0.6) is 0 Å². The quantitative estimate of drug-likeness (QED) is 0.716. The third kappa shape index (κ3) is 4.40. The molecule has 3 heteroatoms. The van der Waals surface area contributed by atoms with E-state index in [9.17, 15) is 0 Å². The number of hydrogen-bond acceptors (Lipinski definition) is 3. The third-order valence-electron chi connectivity index (χ3n) is 2.73. The van der Waals surface area contributed by atoms with Crippen LogP contribution in [0.1, 0.15) is 20.3 Å². The molecule has 0 aromatic rings. The fourth-order valence-electron chi connectivity index (χ4n) is 2.05. The maximum atomic E-state index is 3.54. The monoisotopic (exact) mass is 199 g/mol. The summed E-state index contributed by atoms with van der Waals surface area (Å²) in [5, 5.41) is 3.54. The van der Waals surface area contributed by atoms with Crippen molar-refractivity contribution in [3.05, 3.63) is 0 Å². The van der Waals surface area contributed by atoms with Gasteiger partial charge in [0.15, 0.2) is 0 Å². The van der Waals surface area contributed by atoms with Crippen LogP contribution in [0.15, 0.2) is 0 Å². The van der Waals surface area contributed by atoms with Crippen molar-refractivity contribution < 1.29 is 0 Å². The summed E-state index contributed by atoms with van der Waals surface area (Å²) in [5.74, 6) is 0. The van der Waals surface area contributed by atoms with Crippen LogP contribution in [0.25, 0.3) is 0 Å². The zero-order chi connectivity index (χ0) is 10.6. The van der Waals surface area contributed by atoms with Crippen molar-refractivity contribution in [1.82, 2.24) is 15.1 Å². The predicted octanol–water partition coefficient (Wildman–Crippen LogP) is 0.622. The maximum absolute atomic E-state index is 3.54. The molecule has 0 atom stereocenters. The molecular formula is C11H25N3. The Bertz CT molecular complexity index is 166. The molecule has 0 saturated carbocycles. The van der Waals surface area contributed by atoms with Gasteiger partial charge in [-0.1, -0.05) is 0 Å². The molecule has 1 rings (SSSR count). The van der Waals surface area contributed by atoms with Crippen LogP contribution in [0, 0.1) is 0 Å². The molecule has 0 spiro atoms. The van der Waals surface area contributed by atoms with Crippen molar-refractivity contribution in [2.45, 2.75) is 25.8 Å². The van der Waals surface area contributed by atoms with Gasteiger partial charge < -0.3 is 15.1 Å². The van der Waals surface area contributed by atoms with Crippen molar-refractivity contribution >= 4 is 0 Å². The van der Waals surface area contributed by atoms with Gasteiger partial charge in [-0.05, 0) is 47.5 Å². The summed E-state index contributed by atoms with van der Waals surface area (Å²) in [7, 11) is 4.28. The Morgan fingerprint density at radius 1 is 1.36 bits per heavy atom. The van der Waals surface area contributed by atoms with E-state index in [0.29, 0.717) is 5.54 Å². The molecule has 1 fully saturated rings. The highest BCUT2D eigenvalue weighted by Gasteiger charge is 2.24. The topological polar surface area (TPSA) is 18.5 Å². The lowest BCUT2D eigenvalue weighted by Crippen LogP contribution is -2.57. The van der Waals surface area contributed by atoms with E-state index in [1.807, 2.05) is 0 Å². The first-order valence-electron chi connectivity index (χ1n) is 5.62. The lowest BCUT2D eigenvalue weighted by atomic mass is 10.0. The number of nitrogens with one attached hydrogen (secondary N) is 1. The Labute approximate surface area is 88.5 Å². The van der Waals surface area contributed by atoms with E-state index >= 15 is 0 Å². The summed E-state index contributed by atoms with van der Waals surface area (Å²) >= 11 is 0. The molecular weight excluding hydrogens is 174 g/mol. The maximum Gasteiger partial charge on any atom is 0.0252 e. The summed E-state index contributed by atoms with van der Waals surface area (Å²) < 4.78 is 0. The van der Waals surface area contributed by atoms with Gasteiger partial charge in [-0.15, -0.1) is 0 Å². The van der Waals surface area contributed by atoms with Crippen molar-refractivity contribution in [2.24, 2.45) is 0 Å². The Hall–Kier alpha value is -0.120. The molecule has 3 nitrogen and oxygen atoms in total. The van der Waals surface area contributed by atoms with Gasteiger partial charge in [0, 0.05) is 25.2 Å². The number of hydrogen-bond donors (Lipinski definition) is 1. The fourth-order valence-corrected chi connectivity index (χ4v) is 2.05. The fraction of sp³-hybridized carbons (Fsp3) is 1.00. The van der Waals surface area contributed by atoms with E-state index < -0.39 is 0 Å². The Kier molecular flexibility index (Phi) is 4.35. The van der Waals surface area contributed by atoms with Gasteiger partial charge in [0.2, 0.25) is 0 Å². The van der Waals surface area contributed by atoms with Gasteiger partial charge in [-0.25, -0.2) is 0 Å². The molecule has 0 aromatic carbocycles. The minimum Gasteiger partial charge on any atom is -0.309 e. The van der Waals surface area contributed by atoms with E-state index in [4.69, 9.17) is 0 Å². The van der Waals surface area contributed by atoms with Gasteiger partial charge in [-0.3, -0.25) is 0 Å². The molecule has 1 N–H and O–H groups in total. The molecule has 14 heavy (non-hydrogen) atoms. The Balaban J connectivity index is 2.18. The van der Waals surface area contributed by atoms with Crippen LogP contribution in [0.2, 0.25) is 0 Å². The van der Waals surface area contributed by atoms with Crippen molar-refractivity contribution in [3.8, 4) is 0 Å². The highest BCUT2D eigenvalue weighted by atomic mass is 15.2. The standard InChI is InChI=1S/C11H25N3/c1-11(2)10-14(9-6-12-11)8-5-7-13(3)4/h12H,5-10H2,1-4H3. The van der Waals surface area contributed by atoms with Crippen LogP contribution >= 0.6 is 0 Å². The molecule has 0 radical (unpaired) electrons. The second-order valence-electron chi connectivity index (χ2n) is 5.24. The molecule has 0 amide bonds. The second kappa shape index (κ2) is 5.10. The lowest BCUT2D eigenvalue weighted by molar-refractivity contribution is 0.150. The van der Waals surface area contributed by atoms with Crippen LogP contribution in [-0.2, 0) is 0 Å². The zero-order valence-corrected chi connectivity index (χ0v) is 10.1. The summed E-state index contributed by atoms with van der Waals surface area (Å²) in [6.45, 7) is 10.5. The smallest absolute Gasteiger partial charge is 0.0252 e. The molecule has 0 unspecified atom stereocenters. The highest BCUT2D eigenvalue weighted by molar-refractivity contribution is 4.86. The molecule has 0 aromatic heterocycles. The van der Waals surface area contributed by atoms with E-state index in [0.717, 1.165) is 6.54 Å². The first kappa shape index (κ1) is 12.0. The molecule has 84 valence electrons. The average molecular weight is 199 g/mol. The minimum absolute atomic E-state index is 0.302. The number of nitrogens with zero attached hydrogens (tertiary/aromatic N) is 2. The largest absolute Gasteiger partial charge is 0.309 e. The van der Waals surface area contributed by atoms with Crippen LogP contribution < -0.4 is 5.32 Å². The highest BCUT2D eigenvalue weighted by Crippen LogP contribution is 2.10. The summed E-state index contributed by atoms with van der Waals surface area (Å²) in [6, 6.07) is 0. The Morgan fingerprint density at radius 3 is 2.64 bits per heavy atom. The first-order valence-corrected chi connectivity index (χ1v) is 5.62. The van der Waals surface area contributed by atoms with Crippen LogP contribution in [0.3, 0.4) is 0 Å². The van der Waals surface area contributed by atoms with E-state index in [1.54, 1.807) is 0 Å². The average Bonchev–Trinajstić information content (AvgIpc) is 2.01.